The van der Waals surface area contributed by atoms with Crippen LogP contribution in [0.25, 0.3) is 0 Å². The molecule has 8 heteroatoms. The molecule has 0 aliphatic carbocycles. The molecular weight excluding hydrogens is 380 g/mol. The van der Waals surface area contributed by atoms with Gasteiger partial charge in [-0.25, -0.2) is 0 Å². The zero-order chi connectivity index (χ0) is 19.5. The summed E-state index contributed by atoms with van der Waals surface area (Å²) in [6.07, 6.45) is 2.61. The maximum absolute atomic E-state index is 13.3. The van der Waals surface area contributed by atoms with Crippen molar-refractivity contribution in [2.24, 2.45) is 7.05 Å². The third kappa shape index (κ3) is 4.32. The van der Waals surface area contributed by atoms with Crippen molar-refractivity contribution in [1.82, 2.24) is 14.7 Å². The largest absolute Gasteiger partial charge is 0.493 e. The minimum Gasteiger partial charge on any atom is -0.493 e. The van der Waals surface area contributed by atoms with E-state index in [1.165, 1.54) is 4.90 Å². The Bertz CT molecular complexity index is 848. The number of carbonyl (C=O) groups is 1. The first kappa shape index (κ1) is 19.2. The van der Waals surface area contributed by atoms with Crippen molar-refractivity contribution in [3.63, 3.8) is 0 Å². The van der Waals surface area contributed by atoms with Gasteiger partial charge in [-0.2, -0.15) is 5.10 Å². The van der Waals surface area contributed by atoms with Gasteiger partial charge in [0.05, 0.1) is 44.5 Å². The highest BCUT2D eigenvalue weighted by atomic mass is 35.5. The van der Waals surface area contributed by atoms with Crippen molar-refractivity contribution in [3.8, 4) is 5.75 Å². The first-order chi connectivity index (χ1) is 13.6. The van der Waals surface area contributed by atoms with Crippen LogP contribution in [0, 0.1) is 0 Å². The number of ether oxygens (including phenoxy) is 2. The number of quaternary nitrogens is 1. The molecule has 3 heterocycles. The number of amides is 1. The highest BCUT2D eigenvalue weighted by molar-refractivity contribution is 6.31. The van der Waals surface area contributed by atoms with Crippen LogP contribution in [0.2, 0.25) is 5.02 Å². The van der Waals surface area contributed by atoms with Crippen molar-refractivity contribution < 1.29 is 19.2 Å². The van der Waals surface area contributed by atoms with Gasteiger partial charge in [0.15, 0.2) is 0 Å². The molecule has 0 radical (unpaired) electrons. The van der Waals surface area contributed by atoms with E-state index < -0.39 is 0 Å². The lowest BCUT2D eigenvalue weighted by atomic mass is 10.1. The molecule has 0 atom stereocenters. The summed E-state index contributed by atoms with van der Waals surface area (Å²) < 4.78 is 12.7. The Morgan fingerprint density at radius 3 is 2.89 bits per heavy atom. The van der Waals surface area contributed by atoms with Crippen LogP contribution in [0.15, 0.2) is 24.4 Å². The lowest BCUT2D eigenvalue weighted by molar-refractivity contribution is -0.907. The van der Waals surface area contributed by atoms with Gasteiger partial charge in [-0.3, -0.25) is 9.48 Å². The van der Waals surface area contributed by atoms with Crippen LogP contribution >= 0.6 is 11.6 Å². The van der Waals surface area contributed by atoms with Crippen LogP contribution in [0.4, 0.5) is 0 Å². The quantitative estimate of drug-likeness (QED) is 0.763. The van der Waals surface area contributed by atoms with Gasteiger partial charge in [0.25, 0.3) is 5.91 Å². The molecule has 0 saturated carbocycles. The third-order valence-corrected chi connectivity index (χ3v) is 5.67. The molecule has 2 aromatic rings. The molecule has 28 heavy (non-hydrogen) atoms. The molecule has 0 unspecified atom stereocenters. The molecule has 1 aromatic carbocycles. The topological polar surface area (TPSA) is 61.0 Å². The molecule has 2 aliphatic rings. The Morgan fingerprint density at radius 1 is 1.32 bits per heavy atom. The van der Waals surface area contributed by atoms with Crippen molar-refractivity contribution in [2.75, 3.05) is 46.0 Å². The van der Waals surface area contributed by atoms with Crippen LogP contribution in [0.3, 0.4) is 0 Å². The van der Waals surface area contributed by atoms with Crippen LogP contribution in [-0.2, 0) is 24.8 Å². The van der Waals surface area contributed by atoms with Crippen molar-refractivity contribution in [1.29, 1.82) is 0 Å². The minimum atomic E-state index is 0.00378. The van der Waals surface area contributed by atoms with Gasteiger partial charge in [0, 0.05) is 25.2 Å². The fourth-order valence-electron chi connectivity index (χ4n) is 3.75. The molecule has 1 fully saturated rings. The average Bonchev–Trinajstić information content (AvgIpc) is 3.30. The highest BCUT2D eigenvalue weighted by Crippen LogP contribution is 2.26. The van der Waals surface area contributed by atoms with E-state index in [0.717, 1.165) is 56.3 Å². The number of nitrogens with zero attached hydrogens (tertiary/aromatic N) is 3. The first-order valence-corrected chi connectivity index (χ1v) is 10.1. The van der Waals surface area contributed by atoms with Crippen LogP contribution < -0.4 is 9.64 Å². The van der Waals surface area contributed by atoms with E-state index in [1.807, 2.05) is 30.1 Å². The average molecular weight is 406 g/mol. The number of halogens is 1. The normalized spacial score (nSPS) is 16.6. The Kier molecular flexibility index (Phi) is 5.85. The molecule has 1 N–H and O–H groups in total. The third-order valence-electron chi connectivity index (χ3n) is 5.35. The second kappa shape index (κ2) is 8.51. The van der Waals surface area contributed by atoms with E-state index in [2.05, 4.69) is 5.10 Å². The van der Waals surface area contributed by atoms with Gasteiger partial charge in [0.1, 0.15) is 24.5 Å². The fourth-order valence-corrected chi connectivity index (χ4v) is 3.99. The Labute approximate surface area is 169 Å². The molecular formula is C20H26ClN4O3+. The summed E-state index contributed by atoms with van der Waals surface area (Å²) in [6, 6.07) is 5.70. The smallest absolute Gasteiger partial charge is 0.254 e. The van der Waals surface area contributed by atoms with Crippen molar-refractivity contribution in [2.45, 2.75) is 13.0 Å². The summed E-state index contributed by atoms with van der Waals surface area (Å²) >= 11 is 6.31. The lowest BCUT2D eigenvalue weighted by Gasteiger charge is -2.28. The van der Waals surface area contributed by atoms with Gasteiger partial charge in [0.2, 0.25) is 0 Å². The summed E-state index contributed by atoms with van der Waals surface area (Å²) in [4.78, 5) is 16.6. The maximum atomic E-state index is 13.3. The van der Waals surface area contributed by atoms with Crippen LogP contribution in [0.5, 0.6) is 5.75 Å². The van der Waals surface area contributed by atoms with Gasteiger partial charge >= 0.3 is 0 Å². The molecule has 4 rings (SSSR count). The molecule has 150 valence electrons. The Balaban J connectivity index is 1.52. The number of hydrogen-bond acceptors (Lipinski definition) is 4. The monoisotopic (exact) mass is 405 g/mol. The fraction of sp³-hybridized carbons (Fsp3) is 0.500. The zero-order valence-corrected chi connectivity index (χ0v) is 16.9. The number of hydrogen-bond donors (Lipinski definition) is 1. The summed E-state index contributed by atoms with van der Waals surface area (Å²) in [7, 11) is 1.83. The lowest BCUT2D eigenvalue weighted by Crippen LogP contribution is -3.14. The molecule has 2 aliphatic heterocycles. The van der Waals surface area contributed by atoms with E-state index in [4.69, 9.17) is 21.1 Å². The van der Waals surface area contributed by atoms with Crippen molar-refractivity contribution >= 4 is 17.5 Å². The molecule has 1 saturated heterocycles. The van der Waals surface area contributed by atoms with E-state index >= 15 is 0 Å². The summed E-state index contributed by atoms with van der Waals surface area (Å²) in [5, 5.41) is 5.01. The first-order valence-electron chi connectivity index (χ1n) is 9.74. The number of aromatic nitrogens is 2. The van der Waals surface area contributed by atoms with Crippen LogP contribution in [-0.4, -0.2) is 66.6 Å². The summed E-state index contributed by atoms with van der Waals surface area (Å²) in [6.45, 7) is 6.12. The number of carbonyl (C=O) groups excluding carboxylic acids is 1. The highest BCUT2D eigenvalue weighted by Gasteiger charge is 2.23. The molecule has 0 spiro atoms. The van der Waals surface area contributed by atoms with E-state index in [0.29, 0.717) is 30.3 Å². The Morgan fingerprint density at radius 2 is 2.14 bits per heavy atom. The van der Waals surface area contributed by atoms with Gasteiger partial charge < -0.3 is 19.3 Å². The Hall–Kier alpha value is -2.09. The van der Waals surface area contributed by atoms with Gasteiger partial charge in [-0.05, 0) is 23.8 Å². The van der Waals surface area contributed by atoms with E-state index in [1.54, 1.807) is 10.9 Å². The maximum Gasteiger partial charge on any atom is 0.254 e. The van der Waals surface area contributed by atoms with E-state index in [9.17, 15) is 4.79 Å². The molecule has 7 nitrogen and oxygen atoms in total. The number of aryl methyl sites for hydroxylation is 1. The van der Waals surface area contributed by atoms with Gasteiger partial charge in [-0.15, -0.1) is 0 Å². The second-order valence-electron chi connectivity index (χ2n) is 7.36. The number of fused-ring (bicyclic) bond motifs is 1. The number of morpholine rings is 1. The SMILES string of the molecule is Cn1cc(Cl)c(CN(CC[NH+]2CCOCC2)C(=O)c2ccc3c(c2)CCO3)n1. The predicted molar refractivity (Wildman–Crippen MR) is 105 cm³/mol. The summed E-state index contributed by atoms with van der Waals surface area (Å²) in [5.41, 5.74) is 2.51. The van der Waals surface area contributed by atoms with Crippen molar-refractivity contribution in [3.05, 3.63) is 46.2 Å². The molecule has 1 amide bonds. The minimum absolute atomic E-state index is 0.00378. The summed E-state index contributed by atoms with van der Waals surface area (Å²) in [5.74, 6) is 0.887. The number of rotatable bonds is 6. The molecule has 1 aromatic heterocycles. The van der Waals surface area contributed by atoms with Gasteiger partial charge in [-0.1, -0.05) is 11.6 Å². The predicted octanol–water partition coefficient (Wildman–Crippen LogP) is 0.566. The number of benzene rings is 1. The molecule has 0 bridgehead atoms. The van der Waals surface area contributed by atoms with E-state index in [-0.39, 0.29) is 5.91 Å². The standard InChI is InChI=1S/C20H25ClN4O3/c1-23-13-17(21)18(22-23)14-25(6-5-24-7-10-27-11-8-24)20(26)16-2-3-19-15(12-16)4-9-28-19/h2-3,12-13H,4-11,14H2,1H3/p+1. The second-order valence-corrected chi connectivity index (χ2v) is 7.76. The zero-order valence-electron chi connectivity index (χ0n) is 16.1. The van der Waals surface area contributed by atoms with Crippen LogP contribution in [0.1, 0.15) is 21.6 Å². The number of nitrogens with one attached hydrogen (secondary N) is 1.